The van der Waals surface area contributed by atoms with Gasteiger partial charge in [0, 0.05) is 17.5 Å². The number of hydrogen-bond donors (Lipinski definition) is 1. The Balaban J connectivity index is 1.44. The van der Waals surface area contributed by atoms with Crippen LogP contribution in [0.3, 0.4) is 0 Å². The van der Waals surface area contributed by atoms with Crippen molar-refractivity contribution >= 4 is 16.9 Å². The minimum absolute atomic E-state index is 0.0909. The monoisotopic (exact) mass is 449 g/mol. The van der Waals surface area contributed by atoms with E-state index in [2.05, 4.69) is 17.5 Å². The van der Waals surface area contributed by atoms with Crippen molar-refractivity contribution in [2.24, 2.45) is 5.92 Å². The Hall–Kier alpha value is -4.01. The van der Waals surface area contributed by atoms with Gasteiger partial charge in [-0.1, -0.05) is 74.5 Å². The Bertz CT molecular complexity index is 1330. The van der Waals surface area contributed by atoms with Crippen LogP contribution in [-0.2, 0) is 22.7 Å². The number of hydrogen-bond acceptors (Lipinski definition) is 5. The van der Waals surface area contributed by atoms with Crippen LogP contribution < -0.4 is 5.32 Å². The molecular formula is C29H27N3O2. The van der Waals surface area contributed by atoms with Gasteiger partial charge < -0.3 is 10.1 Å². The molecule has 0 aliphatic heterocycles. The first-order valence-electron chi connectivity index (χ1n) is 11.4. The van der Waals surface area contributed by atoms with E-state index in [0.29, 0.717) is 12.1 Å². The fourth-order valence-electron chi connectivity index (χ4n) is 3.88. The van der Waals surface area contributed by atoms with Crippen LogP contribution in [0.2, 0.25) is 0 Å². The van der Waals surface area contributed by atoms with Gasteiger partial charge in [-0.05, 0) is 41.3 Å². The van der Waals surface area contributed by atoms with Crippen LogP contribution in [0.5, 0.6) is 0 Å². The quantitative estimate of drug-likeness (QED) is 0.353. The van der Waals surface area contributed by atoms with E-state index in [4.69, 9.17) is 9.72 Å². The number of pyridine rings is 1. The van der Waals surface area contributed by atoms with Crippen LogP contribution in [0.1, 0.15) is 30.5 Å². The normalized spacial score (nSPS) is 11.8. The Labute approximate surface area is 200 Å². The summed E-state index contributed by atoms with van der Waals surface area (Å²) in [4.78, 5) is 17.5. The van der Waals surface area contributed by atoms with Gasteiger partial charge in [-0.3, -0.25) is 4.79 Å². The molecule has 1 atom stereocenters. The van der Waals surface area contributed by atoms with E-state index in [1.165, 1.54) is 0 Å². The molecule has 0 saturated heterocycles. The minimum atomic E-state index is -0.401. The fourth-order valence-corrected chi connectivity index (χ4v) is 3.88. The maximum atomic E-state index is 12.7. The number of rotatable bonds is 8. The van der Waals surface area contributed by atoms with E-state index in [1.54, 1.807) is 6.07 Å². The zero-order chi connectivity index (χ0) is 23.9. The number of nitriles is 1. The van der Waals surface area contributed by atoms with Gasteiger partial charge in [0.25, 0.3) is 0 Å². The van der Waals surface area contributed by atoms with Crippen LogP contribution in [-0.4, -0.2) is 17.0 Å². The molecule has 0 bridgehead atoms. The van der Waals surface area contributed by atoms with Crippen LogP contribution in [0.25, 0.3) is 22.2 Å². The maximum Gasteiger partial charge on any atom is 0.323 e. The number of fused-ring (bicyclic) bond motifs is 1. The van der Waals surface area contributed by atoms with Crippen molar-refractivity contribution in [3.05, 3.63) is 102 Å². The fraction of sp³-hybridized carbons (Fsp3) is 0.207. The van der Waals surface area contributed by atoms with Gasteiger partial charge in [0.15, 0.2) is 0 Å². The lowest BCUT2D eigenvalue weighted by Gasteiger charge is -2.21. The highest BCUT2D eigenvalue weighted by Crippen LogP contribution is 2.24. The summed E-state index contributed by atoms with van der Waals surface area (Å²) in [6.45, 7) is 4.82. The van der Waals surface area contributed by atoms with E-state index >= 15 is 0 Å². The van der Waals surface area contributed by atoms with Gasteiger partial charge in [-0.2, -0.15) is 5.26 Å². The van der Waals surface area contributed by atoms with Gasteiger partial charge in [-0.25, -0.2) is 4.98 Å². The average Bonchev–Trinajstić information content (AvgIpc) is 2.87. The Morgan fingerprint density at radius 1 is 0.971 bits per heavy atom. The number of ether oxygens (including phenoxy) is 1. The number of aromatic nitrogens is 1. The maximum absolute atomic E-state index is 12.7. The Morgan fingerprint density at radius 3 is 2.50 bits per heavy atom. The van der Waals surface area contributed by atoms with Crippen LogP contribution >= 0.6 is 0 Å². The zero-order valence-corrected chi connectivity index (χ0v) is 19.4. The zero-order valence-electron chi connectivity index (χ0n) is 19.4. The van der Waals surface area contributed by atoms with Gasteiger partial charge in [-0.15, -0.1) is 0 Å². The van der Waals surface area contributed by atoms with Crippen molar-refractivity contribution in [3.8, 4) is 17.3 Å². The van der Waals surface area contributed by atoms with E-state index in [-0.39, 0.29) is 18.5 Å². The molecule has 5 nitrogen and oxygen atoms in total. The average molecular weight is 450 g/mol. The lowest BCUT2D eigenvalue weighted by molar-refractivity contribution is -0.148. The third kappa shape index (κ3) is 5.48. The highest BCUT2D eigenvalue weighted by atomic mass is 16.5. The SMILES string of the molecule is CC(C)[C@H](NCc1ccc2nc(-c3ccccc3C#N)ccc2c1)C(=O)OCc1ccccc1. The molecule has 0 spiro atoms. The highest BCUT2D eigenvalue weighted by Gasteiger charge is 2.23. The van der Waals surface area contributed by atoms with E-state index in [0.717, 1.165) is 33.3 Å². The smallest absolute Gasteiger partial charge is 0.323 e. The summed E-state index contributed by atoms with van der Waals surface area (Å²) in [7, 11) is 0. The largest absolute Gasteiger partial charge is 0.460 e. The number of carbonyl (C=O) groups is 1. The van der Waals surface area contributed by atoms with Crippen molar-refractivity contribution in [2.45, 2.75) is 33.0 Å². The second-order valence-corrected chi connectivity index (χ2v) is 8.58. The molecule has 1 aromatic heterocycles. The van der Waals surface area contributed by atoms with Crippen molar-refractivity contribution in [2.75, 3.05) is 0 Å². The van der Waals surface area contributed by atoms with E-state index in [1.807, 2.05) is 86.6 Å². The van der Waals surface area contributed by atoms with Crippen molar-refractivity contribution in [1.29, 1.82) is 5.26 Å². The molecule has 4 rings (SSSR count). The van der Waals surface area contributed by atoms with Crippen LogP contribution in [0.15, 0.2) is 84.9 Å². The Kier molecular flexibility index (Phi) is 7.31. The molecule has 0 aliphatic carbocycles. The summed E-state index contributed by atoms with van der Waals surface area (Å²) in [6.07, 6.45) is 0. The molecule has 0 saturated carbocycles. The molecular weight excluding hydrogens is 422 g/mol. The topological polar surface area (TPSA) is 75.0 Å². The van der Waals surface area contributed by atoms with Gasteiger partial charge >= 0.3 is 5.97 Å². The van der Waals surface area contributed by atoms with E-state index < -0.39 is 6.04 Å². The van der Waals surface area contributed by atoms with Gasteiger partial charge in [0.2, 0.25) is 0 Å². The first-order chi connectivity index (χ1) is 16.5. The number of nitrogens with zero attached hydrogens (tertiary/aromatic N) is 2. The lowest BCUT2D eigenvalue weighted by atomic mass is 10.0. The Morgan fingerprint density at radius 2 is 1.74 bits per heavy atom. The summed E-state index contributed by atoms with van der Waals surface area (Å²) >= 11 is 0. The van der Waals surface area contributed by atoms with Crippen LogP contribution in [0, 0.1) is 17.2 Å². The number of nitrogens with one attached hydrogen (secondary N) is 1. The summed E-state index contributed by atoms with van der Waals surface area (Å²) in [5, 5.41) is 13.7. The molecule has 0 aliphatic rings. The number of benzene rings is 3. The summed E-state index contributed by atoms with van der Waals surface area (Å²) in [6, 6.07) is 29.0. The molecule has 34 heavy (non-hydrogen) atoms. The van der Waals surface area contributed by atoms with Crippen molar-refractivity contribution in [3.63, 3.8) is 0 Å². The molecule has 5 heteroatoms. The summed E-state index contributed by atoms with van der Waals surface area (Å²) < 4.78 is 5.55. The number of esters is 1. The molecule has 0 amide bonds. The summed E-state index contributed by atoms with van der Waals surface area (Å²) in [5.74, 6) is -0.157. The second-order valence-electron chi connectivity index (χ2n) is 8.58. The first kappa shape index (κ1) is 23.2. The molecule has 0 fully saturated rings. The molecule has 4 aromatic rings. The number of carbonyl (C=O) groups excluding carboxylic acids is 1. The third-order valence-electron chi connectivity index (χ3n) is 5.75. The highest BCUT2D eigenvalue weighted by molar-refractivity contribution is 5.83. The predicted molar refractivity (Wildman–Crippen MR) is 134 cm³/mol. The molecule has 3 aromatic carbocycles. The van der Waals surface area contributed by atoms with Gasteiger partial charge in [0.1, 0.15) is 12.6 Å². The first-order valence-corrected chi connectivity index (χ1v) is 11.4. The van der Waals surface area contributed by atoms with Crippen molar-refractivity contribution < 1.29 is 9.53 Å². The molecule has 0 unspecified atom stereocenters. The molecule has 1 N–H and O–H groups in total. The minimum Gasteiger partial charge on any atom is -0.460 e. The summed E-state index contributed by atoms with van der Waals surface area (Å²) in [5.41, 5.74) is 5.09. The van der Waals surface area contributed by atoms with Crippen LogP contribution in [0.4, 0.5) is 0 Å². The van der Waals surface area contributed by atoms with E-state index in [9.17, 15) is 10.1 Å². The standard InChI is InChI=1S/C29H27N3O2/c1-20(2)28(29(33)34-19-21-8-4-3-5-9-21)31-18-22-12-14-26-23(16-22)13-15-27(32-26)25-11-7-6-10-24(25)17-30/h3-16,20,28,31H,18-19H2,1-2H3/t28-/m0/s1. The molecule has 170 valence electrons. The van der Waals surface area contributed by atoms with Crippen molar-refractivity contribution in [1.82, 2.24) is 10.3 Å². The van der Waals surface area contributed by atoms with Gasteiger partial charge in [0.05, 0.1) is 22.8 Å². The molecule has 0 radical (unpaired) electrons. The second kappa shape index (κ2) is 10.7. The molecule has 1 heterocycles. The third-order valence-corrected chi connectivity index (χ3v) is 5.75. The predicted octanol–water partition coefficient (Wildman–Crippen LogP) is 5.63. The lowest BCUT2D eigenvalue weighted by Crippen LogP contribution is -2.41.